The van der Waals surface area contributed by atoms with E-state index in [4.69, 9.17) is 28.9 Å². The van der Waals surface area contributed by atoms with E-state index < -0.39 is 41.1 Å². The highest BCUT2D eigenvalue weighted by atomic mass is 35.5. The van der Waals surface area contributed by atoms with Crippen molar-refractivity contribution in [2.24, 2.45) is 16.8 Å². The second-order valence-corrected chi connectivity index (χ2v) is 6.78. The van der Waals surface area contributed by atoms with Crippen LogP contribution >= 0.6 is 23.2 Å². The summed E-state index contributed by atoms with van der Waals surface area (Å²) < 4.78 is 4.51. The molecule has 160 valence electrons. The van der Waals surface area contributed by atoms with E-state index in [-0.39, 0.29) is 15.7 Å². The zero-order chi connectivity index (χ0) is 23.0. The molecule has 0 bridgehead atoms. The number of urea groups is 1. The fourth-order valence-electron chi connectivity index (χ4n) is 2.10. The van der Waals surface area contributed by atoms with E-state index >= 15 is 0 Å². The molecule has 10 nitrogen and oxygen atoms in total. The monoisotopic (exact) mass is 456 g/mol. The molecule has 0 spiro atoms. The van der Waals surface area contributed by atoms with Gasteiger partial charge in [0.1, 0.15) is 5.92 Å². The molecular weight excluding hydrogens is 439 g/mol. The van der Waals surface area contributed by atoms with E-state index in [0.717, 1.165) is 13.2 Å². The molecule has 0 aromatic heterocycles. The smallest absolute Gasteiger partial charge is 0.355 e. The number of rotatable bonds is 8. The van der Waals surface area contributed by atoms with Gasteiger partial charge in [-0.3, -0.25) is 14.4 Å². The van der Waals surface area contributed by atoms with Gasteiger partial charge in [-0.25, -0.2) is 15.0 Å². The third-order valence-corrected chi connectivity index (χ3v) is 4.07. The molecule has 1 atom stereocenters. The molecule has 3 amide bonds. The summed E-state index contributed by atoms with van der Waals surface area (Å²) in [7, 11) is 0.963. The molecular formula is C18H18Cl2N4O6. The summed E-state index contributed by atoms with van der Waals surface area (Å²) in [6, 6.07) is 2.87. The van der Waals surface area contributed by atoms with Crippen molar-refractivity contribution in [1.29, 1.82) is 0 Å². The van der Waals surface area contributed by atoms with Crippen LogP contribution in [0.2, 0.25) is 10.0 Å². The predicted molar refractivity (Wildman–Crippen MR) is 110 cm³/mol. The van der Waals surface area contributed by atoms with E-state index in [2.05, 4.69) is 15.2 Å². The second-order valence-electron chi connectivity index (χ2n) is 5.97. The first-order valence-electron chi connectivity index (χ1n) is 8.18. The van der Waals surface area contributed by atoms with Gasteiger partial charge in [0.15, 0.2) is 11.5 Å². The summed E-state index contributed by atoms with van der Waals surface area (Å²) in [5.74, 6) is -6.73. The third kappa shape index (κ3) is 6.98. The number of nitrogens with two attached hydrogens (primary N) is 1. The van der Waals surface area contributed by atoms with Crippen LogP contribution in [0.15, 0.2) is 34.9 Å². The maximum Gasteiger partial charge on any atom is 0.355 e. The number of amides is 3. The van der Waals surface area contributed by atoms with Crippen molar-refractivity contribution in [2.75, 3.05) is 12.4 Å². The minimum Gasteiger partial charge on any atom is -0.464 e. The van der Waals surface area contributed by atoms with Crippen LogP contribution in [-0.2, 0) is 23.9 Å². The molecule has 0 heterocycles. The molecule has 0 aliphatic heterocycles. The summed E-state index contributed by atoms with van der Waals surface area (Å²) in [4.78, 5) is 60.9. The van der Waals surface area contributed by atoms with Crippen molar-refractivity contribution in [1.82, 2.24) is 5.43 Å². The second kappa shape index (κ2) is 11.1. The number of primary amides is 1. The Morgan fingerprint density at radius 3 is 2.27 bits per heavy atom. The lowest BCUT2D eigenvalue weighted by molar-refractivity contribution is -0.140. The molecule has 0 fully saturated rings. The van der Waals surface area contributed by atoms with Crippen molar-refractivity contribution in [3.05, 3.63) is 39.9 Å². The molecule has 0 radical (unpaired) electrons. The van der Waals surface area contributed by atoms with Crippen molar-refractivity contribution < 1.29 is 28.7 Å². The van der Waals surface area contributed by atoms with Gasteiger partial charge in [0.05, 0.1) is 17.2 Å². The van der Waals surface area contributed by atoms with Crippen LogP contribution in [0, 0.1) is 5.92 Å². The van der Waals surface area contributed by atoms with Gasteiger partial charge in [-0.1, -0.05) is 28.8 Å². The number of carbonyl (C=O) groups excluding carboxylic acids is 5. The molecule has 0 saturated heterocycles. The Kier molecular flexibility index (Phi) is 9.16. The average molecular weight is 457 g/mol. The Balaban J connectivity index is 3.37. The summed E-state index contributed by atoms with van der Waals surface area (Å²) in [6.07, 6.45) is 1.04. The Hall–Kier alpha value is -3.24. The van der Waals surface area contributed by atoms with E-state index in [1.54, 1.807) is 19.3 Å². The molecule has 4 N–H and O–H groups in total. The van der Waals surface area contributed by atoms with Gasteiger partial charge in [0, 0.05) is 5.69 Å². The topological polar surface area (TPSA) is 157 Å². The highest BCUT2D eigenvalue weighted by Crippen LogP contribution is 2.25. The zero-order valence-corrected chi connectivity index (χ0v) is 17.6. The average Bonchev–Trinajstić information content (AvgIpc) is 2.65. The maximum absolute atomic E-state index is 12.8. The number of anilines is 1. The van der Waals surface area contributed by atoms with Crippen LogP contribution in [-0.4, -0.2) is 42.3 Å². The normalized spacial score (nSPS) is 11.7. The highest BCUT2D eigenvalue weighted by Gasteiger charge is 2.39. The molecule has 0 unspecified atom stereocenters. The standard InChI is InChI=1S/C18H18Cl2N4O6/c1-8(2)6-12(25)13(14(17(28)30-3)23-24-18(21)29)15(26)16(27)22-9-4-5-10(19)11(20)7-9/h4-7,13H,1-3H3,(H,22,27)(H3,21,24,29)/b23-14+/t13-/m1/s1. The van der Waals surface area contributed by atoms with Crippen molar-refractivity contribution in [3.63, 3.8) is 0 Å². The van der Waals surface area contributed by atoms with Gasteiger partial charge in [0.25, 0.3) is 5.91 Å². The van der Waals surface area contributed by atoms with Crippen LogP contribution in [0.4, 0.5) is 10.5 Å². The molecule has 0 aliphatic rings. The number of nitrogens with one attached hydrogen (secondary N) is 2. The van der Waals surface area contributed by atoms with Gasteiger partial charge in [-0.15, -0.1) is 0 Å². The van der Waals surface area contributed by atoms with Gasteiger partial charge < -0.3 is 15.8 Å². The number of benzene rings is 1. The van der Waals surface area contributed by atoms with E-state index in [9.17, 15) is 24.0 Å². The van der Waals surface area contributed by atoms with Gasteiger partial charge in [0.2, 0.25) is 5.78 Å². The Morgan fingerprint density at radius 2 is 1.77 bits per heavy atom. The molecule has 12 heteroatoms. The first-order valence-corrected chi connectivity index (χ1v) is 8.93. The maximum atomic E-state index is 12.8. The lowest BCUT2D eigenvalue weighted by Gasteiger charge is -2.14. The summed E-state index contributed by atoms with van der Waals surface area (Å²) in [5.41, 5.74) is 6.42. The number of allylic oxidation sites excluding steroid dienone is 2. The number of hydrazone groups is 1. The lowest BCUT2D eigenvalue weighted by Crippen LogP contribution is -2.43. The minimum absolute atomic E-state index is 0.113. The number of halogens is 2. The number of hydrogen-bond acceptors (Lipinski definition) is 7. The minimum atomic E-state index is -2.00. The number of ether oxygens (including phenoxy) is 1. The van der Waals surface area contributed by atoms with Crippen molar-refractivity contribution in [3.8, 4) is 0 Å². The number of hydrogen-bond donors (Lipinski definition) is 3. The summed E-state index contributed by atoms with van der Waals surface area (Å²) in [6.45, 7) is 3.12. The van der Waals surface area contributed by atoms with E-state index in [1.807, 2.05) is 0 Å². The van der Waals surface area contributed by atoms with Crippen molar-refractivity contribution >= 4 is 64.1 Å². The first kappa shape index (κ1) is 24.8. The molecule has 1 aromatic rings. The number of methoxy groups -OCH3 is 1. The molecule has 0 aliphatic carbocycles. The number of esters is 1. The fraction of sp³-hybridized carbons (Fsp3) is 0.222. The summed E-state index contributed by atoms with van der Waals surface area (Å²) >= 11 is 11.7. The Bertz CT molecular complexity index is 954. The Morgan fingerprint density at radius 1 is 1.13 bits per heavy atom. The van der Waals surface area contributed by atoms with Gasteiger partial charge in [-0.2, -0.15) is 5.10 Å². The largest absolute Gasteiger partial charge is 0.464 e. The van der Waals surface area contributed by atoms with Crippen LogP contribution in [0.5, 0.6) is 0 Å². The zero-order valence-electron chi connectivity index (χ0n) is 16.1. The summed E-state index contributed by atoms with van der Waals surface area (Å²) in [5, 5.41) is 5.97. The SMILES string of the molecule is COC(=O)/C(=N/NC(N)=O)[C@@H](C(=O)C=C(C)C)C(=O)C(=O)Nc1ccc(Cl)c(Cl)c1. The fourth-order valence-corrected chi connectivity index (χ4v) is 2.40. The quantitative estimate of drug-likeness (QED) is 0.135. The lowest BCUT2D eigenvalue weighted by atomic mass is 9.91. The van der Waals surface area contributed by atoms with Crippen molar-refractivity contribution in [2.45, 2.75) is 13.8 Å². The molecule has 0 saturated carbocycles. The first-order chi connectivity index (χ1) is 14.0. The number of nitrogens with zero attached hydrogens (tertiary/aromatic N) is 1. The highest BCUT2D eigenvalue weighted by molar-refractivity contribution is 6.56. The van der Waals surface area contributed by atoms with Gasteiger partial charge in [-0.05, 0) is 38.1 Å². The van der Waals surface area contributed by atoms with E-state index in [0.29, 0.717) is 5.57 Å². The molecule has 1 rings (SSSR count). The Labute approximate surface area is 181 Å². The third-order valence-electron chi connectivity index (χ3n) is 3.33. The number of ketones is 2. The number of Topliss-reactive ketones (excluding diaryl/α,β-unsaturated/α-hetero) is 1. The molecule has 1 aromatic carbocycles. The molecule has 30 heavy (non-hydrogen) atoms. The van der Waals surface area contributed by atoms with Crippen LogP contribution < -0.4 is 16.5 Å². The van der Waals surface area contributed by atoms with Crippen LogP contribution in [0.1, 0.15) is 13.8 Å². The number of carbonyl (C=O) groups is 5. The van der Waals surface area contributed by atoms with Crippen LogP contribution in [0.25, 0.3) is 0 Å². The van der Waals surface area contributed by atoms with Crippen LogP contribution in [0.3, 0.4) is 0 Å². The predicted octanol–water partition coefficient (Wildman–Crippen LogP) is 1.85. The van der Waals surface area contributed by atoms with Gasteiger partial charge >= 0.3 is 12.0 Å². The van der Waals surface area contributed by atoms with E-state index in [1.165, 1.54) is 18.2 Å².